The molecule has 0 aliphatic heterocycles. The number of carbonyl (C=O) groups excluding carboxylic acids is 1. The van der Waals surface area contributed by atoms with Crippen molar-refractivity contribution >= 4 is 5.91 Å². The summed E-state index contributed by atoms with van der Waals surface area (Å²) >= 11 is 0. The van der Waals surface area contributed by atoms with Crippen molar-refractivity contribution in [1.29, 1.82) is 0 Å². The fourth-order valence-electron chi connectivity index (χ4n) is 1.45. The number of hydrogen-bond donors (Lipinski definition) is 2. The Bertz CT molecular complexity index is 347. The molecule has 0 aliphatic carbocycles. The highest BCUT2D eigenvalue weighted by Crippen LogP contribution is 1.91. The number of carbonyl (C=O) groups is 1. The summed E-state index contributed by atoms with van der Waals surface area (Å²) in [7, 11) is 1.92. The Kier molecular flexibility index (Phi) is 5.62. The maximum absolute atomic E-state index is 11.3. The molecule has 96 valence electrons. The van der Waals surface area contributed by atoms with Crippen LogP contribution in [0.5, 0.6) is 0 Å². The molecule has 0 bridgehead atoms. The summed E-state index contributed by atoms with van der Waals surface area (Å²) in [5, 5.41) is 13.8. The van der Waals surface area contributed by atoms with Crippen LogP contribution in [0.15, 0.2) is 6.33 Å². The zero-order valence-electron chi connectivity index (χ0n) is 10.7. The molecule has 0 radical (unpaired) electrons. The smallest absolute Gasteiger partial charge is 0.221 e. The van der Waals surface area contributed by atoms with Crippen molar-refractivity contribution in [2.24, 2.45) is 7.05 Å². The zero-order valence-corrected chi connectivity index (χ0v) is 10.7. The zero-order chi connectivity index (χ0) is 12.7. The van der Waals surface area contributed by atoms with Gasteiger partial charge in [0, 0.05) is 39.0 Å². The van der Waals surface area contributed by atoms with E-state index in [4.69, 9.17) is 0 Å². The highest BCUT2D eigenvalue weighted by Gasteiger charge is 2.03. The van der Waals surface area contributed by atoms with Crippen molar-refractivity contribution in [2.45, 2.75) is 32.7 Å². The maximum atomic E-state index is 11.3. The van der Waals surface area contributed by atoms with Crippen molar-refractivity contribution in [3.63, 3.8) is 0 Å². The molecular formula is C11H21N5O. The van der Waals surface area contributed by atoms with Crippen LogP contribution in [0, 0.1) is 0 Å². The summed E-state index contributed by atoms with van der Waals surface area (Å²) in [5.41, 5.74) is 0. The number of aryl methyl sites for hydroxylation is 1. The lowest BCUT2D eigenvalue weighted by Gasteiger charge is -2.08. The van der Waals surface area contributed by atoms with Crippen molar-refractivity contribution in [2.75, 3.05) is 13.1 Å². The minimum atomic E-state index is 0.0890. The van der Waals surface area contributed by atoms with Gasteiger partial charge in [0.05, 0.1) is 0 Å². The second-order valence-corrected chi connectivity index (χ2v) is 4.33. The Morgan fingerprint density at radius 2 is 2.24 bits per heavy atom. The molecule has 1 aromatic heterocycles. The van der Waals surface area contributed by atoms with Gasteiger partial charge in [0.2, 0.25) is 5.91 Å². The van der Waals surface area contributed by atoms with Gasteiger partial charge < -0.3 is 15.2 Å². The van der Waals surface area contributed by atoms with Crippen LogP contribution >= 0.6 is 0 Å². The lowest BCUT2D eigenvalue weighted by Crippen LogP contribution is -2.33. The first-order valence-corrected chi connectivity index (χ1v) is 5.92. The van der Waals surface area contributed by atoms with Crippen LogP contribution < -0.4 is 10.6 Å². The van der Waals surface area contributed by atoms with Gasteiger partial charge in [-0.25, -0.2) is 0 Å². The summed E-state index contributed by atoms with van der Waals surface area (Å²) < 4.78 is 1.90. The molecule has 1 heterocycles. The number of amides is 1. The highest BCUT2D eigenvalue weighted by molar-refractivity contribution is 5.76. The minimum Gasteiger partial charge on any atom is -0.354 e. The van der Waals surface area contributed by atoms with Gasteiger partial charge in [-0.05, 0) is 13.8 Å². The van der Waals surface area contributed by atoms with Gasteiger partial charge in [-0.3, -0.25) is 4.79 Å². The van der Waals surface area contributed by atoms with E-state index in [-0.39, 0.29) is 11.9 Å². The number of nitrogens with one attached hydrogen (secondary N) is 2. The fourth-order valence-corrected chi connectivity index (χ4v) is 1.45. The molecule has 0 atom stereocenters. The average molecular weight is 239 g/mol. The van der Waals surface area contributed by atoms with E-state index >= 15 is 0 Å². The fraction of sp³-hybridized carbons (Fsp3) is 0.727. The van der Waals surface area contributed by atoms with Crippen LogP contribution in [-0.2, 0) is 18.3 Å². The SMILES string of the molecule is CC(C)NC(=O)CCNCCc1nncn1C. The summed E-state index contributed by atoms with van der Waals surface area (Å²) in [6.45, 7) is 5.41. The normalized spacial score (nSPS) is 10.8. The van der Waals surface area contributed by atoms with Gasteiger partial charge in [-0.15, -0.1) is 10.2 Å². The Balaban J connectivity index is 2.05. The largest absolute Gasteiger partial charge is 0.354 e. The Labute approximate surface area is 102 Å². The molecule has 0 aromatic carbocycles. The molecule has 0 saturated carbocycles. The number of hydrogen-bond acceptors (Lipinski definition) is 4. The molecule has 1 amide bonds. The van der Waals surface area contributed by atoms with Crippen molar-refractivity contribution in [1.82, 2.24) is 25.4 Å². The molecule has 0 spiro atoms. The van der Waals surface area contributed by atoms with E-state index in [1.165, 1.54) is 0 Å². The van der Waals surface area contributed by atoms with Crippen molar-refractivity contribution < 1.29 is 4.79 Å². The first-order valence-electron chi connectivity index (χ1n) is 5.92. The molecule has 1 rings (SSSR count). The lowest BCUT2D eigenvalue weighted by atomic mass is 10.3. The van der Waals surface area contributed by atoms with Crippen LogP contribution in [0.4, 0.5) is 0 Å². The Morgan fingerprint density at radius 3 is 2.82 bits per heavy atom. The molecular weight excluding hydrogens is 218 g/mol. The number of aromatic nitrogens is 3. The summed E-state index contributed by atoms with van der Waals surface area (Å²) in [6, 6.07) is 0.209. The van der Waals surface area contributed by atoms with Gasteiger partial charge in [-0.2, -0.15) is 0 Å². The second-order valence-electron chi connectivity index (χ2n) is 4.33. The number of rotatable bonds is 7. The van der Waals surface area contributed by atoms with E-state index in [9.17, 15) is 4.79 Å². The monoisotopic (exact) mass is 239 g/mol. The van der Waals surface area contributed by atoms with Crippen LogP contribution in [0.25, 0.3) is 0 Å². The molecule has 1 aromatic rings. The van der Waals surface area contributed by atoms with Crippen LogP contribution in [0.2, 0.25) is 0 Å². The second kappa shape index (κ2) is 7.01. The topological polar surface area (TPSA) is 71.8 Å². The van der Waals surface area contributed by atoms with Gasteiger partial charge in [0.1, 0.15) is 12.2 Å². The molecule has 0 saturated heterocycles. The van der Waals surface area contributed by atoms with E-state index in [1.807, 2.05) is 25.5 Å². The lowest BCUT2D eigenvalue weighted by molar-refractivity contribution is -0.121. The third-order valence-corrected chi connectivity index (χ3v) is 2.31. The van der Waals surface area contributed by atoms with E-state index in [2.05, 4.69) is 20.8 Å². The third-order valence-electron chi connectivity index (χ3n) is 2.31. The Hall–Kier alpha value is -1.43. The van der Waals surface area contributed by atoms with E-state index in [1.54, 1.807) is 6.33 Å². The minimum absolute atomic E-state index is 0.0890. The van der Waals surface area contributed by atoms with Gasteiger partial charge in [0.25, 0.3) is 0 Å². The van der Waals surface area contributed by atoms with Crippen LogP contribution in [0.3, 0.4) is 0 Å². The summed E-state index contributed by atoms with van der Waals surface area (Å²) in [4.78, 5) is 11.3. The van der Waals surface area contributed by atoms with E-state index < -0.39 is 0 Å². The van der Waals surface area contributed by atoms with Crippen molar-refractivity contribution in [3.05, 3.63) is 12.2 Å². The molecule has 6 heteroatoms. The summed E-state index contributed by atoms with van der Waals surface area (Å²) in [6.07, 6.45) is 3.02. The predicted molar refractivity (Wildman–Crippen MR) is 65.5 cm³/mol. The standard InChI is InChI=1S/C11H21N5O/c1-9(2)14-11(17)5-7-12-6-4-10-15-13-8-16(10)3/h8-9,12H,4-7H2,1-3H3,(H,14,17). The predicted octanol–water partition coefficient (Wildman–Crippen LogP) is -0.138. The maximum Gasteiger partial charge on any atom is 0.221 e. The summed E-state index contributed by atoms with van der Waals surface area (Å²) in [5.74, 6) is 1.04. The van der Waals surface area contributed by atoms with Gasteiger partial charge in [-0.1, -0.05) is 0 Å². The molecule has 0 fully saturated rings. The third kappa shape index (κ3) is 5.44. The molecule has 2 N–H and O–H groups in total. The molecule has 0 unspecified atom stereocenters. The van der Waals surface area contributed by atoms with Gasteiger partial charge in [0.15, 0.2) is 0 Å². The van der Waals surface area contributed by atoms with E-state index in [0.29, 0.717) is 13.0 Å². The first kappa shape index (κ1) is 13.6. The molecule has 17 heavy (non-hydrogen) atoms. The van der Waals surface area contributed by atoms with Crippen LogP contribution in [0.1, 0.15) is 26.1 Å². The number of nitrogens with zero attached hydrogens (tertiary/aromatic N) is 3. The van der Waals surface area contributed by atoms with Gasteiger partial charge >= 0.3 is 0 Å². The average Bonchev–Trinajstić information content (AvgIpc) is 2.63. The molecule has 6 nitrogen and oxygen atoms in total. The van der Waals surface area contributed by atoms with E-state index in [0.717, 1.165) is 18.8 Å². The Morgan fingerprint density at radius 1 is 1.47 bits per heavy atom. The molecule has 0 aliphatic rings. The van der Waals surface area contributed by atoms with Crippen molar-refractivity contribution in [3.8, 4) is 0 Å². The first-order chi connectivity index (χ1) is 8.09. The highest BCUT2D eigenvalue weighted by atomic mass is 16.1. The van der Waals surface area contributed by atoms with Crippen LogP contribution in [-0.4, -0.2) is 39.8 Å². The quantitative estimate of drug-likeness (QED) is 0.650.